The van der Waals surface area contributed by atoms with Gasteiger partial charge in [0.2, 0.25) is 0 Å². The first kappa shape index (κ1) is 26.2. The lowest BCUT2D eigenvalue weighted by Crippen LogP contribution is -2.16. The van der Waals surface area contributed by atoms with E-state index >= 15 is 0 Å². The largest absolute Gasteiger partial charge is 0.428 e. The molecule has 0 aliphatic heterocycles. The van der Waals surface area contributed by atoms with E-state index in [4.69, 9.17) is 39.5 Å². The summed E-state index contributed by atoms with van der Waals surface area (Å²) in [6.07, 6.45) is -4.91. The van der Waals surface area contributed by atoms with Crippen molar-refractivity contribution >= 4 is 77.8 Å². The summed E-state index contributed by atoms with van der Waals surface area (Å²) in [7, 11) is -4.72. The van der Waals surface area contributed by atoms with Gasteiger partial charge in [-0.25, -0.2) is 13.4 Å². The summed E-state index contributed by atoms with van der Waals surface area (Å²) >= 11 is 19.5. The van der Waals surface area contributed by atoms with Gasteiger partial charge in [0, 0.05) is 11.1 Å². The predicted molar refractivity (Wildman–Crippen MR) is 130 cm³/mol. The normalized spacial score (nSPS) is 12.1. The maximum atomic E-state index is 12.9. The second kappa shape index (κ2) is 9.56. The molecule has 188 valence electrons. The van der Waals surface area contributed by atoms with E-state index in [9.17, 15) is 31.7 Å². The highest BCUT2D eigenvalue weighted by Crippen LogP contribution is 2.42. The number of rotatable bonds is 6. The van der Waals surface area contributed by atoms with Gasteiger partial charge in [-0.3, -0.25) is 14.8 Å². The Hall–Kier alpha value is -2.84. The summed E-state index contributed by atoms with van der Waals surface area (Å²) < 4.78 is 72.8. The number of benzene rings is 3. The molecule has 4 aromatic rings. The first-order chi connectivity index (χ1) is 16.7. The lowest BCUT2D eigenvalue weighted by Gasteiger charge is -2.13. The zero-order chi connectivity index (χ0) is 26.4. The third-order valence-corrected chi connectivity index (χ3v) is 7.66. The van der Waals surface area contributed by atoms with Crippen molar-refractivity contribution in [3.8, 4) is 10.9 Å². The number of nitrogens with one attached hydrogen (secondary N) is 1. The van der Waals surface area contributed by atoms with Crippen molar-refractivity contribution in [2.45, 2.75) is 11.1 Å². The number of sulfonamides is 1. The highest BCUT2D eigenvalue weighted by atomic mass is 35.5. The van der Waals surface area contributed by atoms with Crippen molar-refractivity contribution in [2.24, 2.45) is 0 Å². The Labute approximate surface area is 219 Å². The number of hydrogen-bond acceptors (Lipinski definition) is 7. The van der Waals surface area contributed by atoms with Gasteiger partial charge in [0.25, 0.3) is 20.9 Å². The lowest BCUT2D eigenvalue weighted by molar-refractivity contribution is -0.388. The number of nitro groups is 1. The molecule has 0 saturated heterocycles. The Morgan fingerprint density at radius 3 is 2.31 bits per heavy atom. The molecular formula is C20H9Cl3F3N3O5S2. The molecule has 1 aromatic heterocycles. The Kier molecular flexibility index (Phi) is 6.96. The summed E-state index contributed by atoms with van der Waals surface area (Å²) in [6.45, 7) is 0. The number of fused-ring (bicyclic) bond motifs is 1. The number of halogens is 6. The van der Waals surface area contributed by atoms with Gasteiger partial charge < -0.3 is 4.74 Å². The molecule has 36 heavy (non-hydrogen) atoms. The monoisotopic (exact) mass is 597 g/mol. The van der Waals surface area contributed by atoms with Crippen LogP contribution in [0.15, 0.2) is 53.4 Å². The van der Waals surface area contributed by atoms with Crippen LogP contribution in [0.25, 0.3) is 10.2 Å². The minimum atomic E-state index is -4.91. The summed E-state index contributed by atoms with van der Waals surface area (Å²) in [6, 6.07) is 8.28. The van der Waals surface area contributed by atoms with Crippen LogP contribution in [0, 0.1) is 10.1 Å². The molecule has 0 aliphatic rings. The maximum Gasteiger partial charge on any atom is 0.416 e. The highest BCUT2D eigenvalue weighted by Gasteiger charge is 2.35. The first-order valence-electron chi connectivity index (χ1n) is 9.36. The number of hydrogen-bond donors (Lipinski definition) is 1. The third kappa shape index (κ3) is 5.44. The van der Waals surface area contributed by atoms with Gasteiger partial charge in [0.1, 0.15) is 0 Å². The molecular weight excluding hydrogens is 590 g/mol. The fourth-order valence-corrected chi connectivity index (χ4v) is 5.85. The van der Waals surface area contributed by atoms with E-state index in [1.54, 1.807) is 18.2 Å². The predicted octanol–water partition coefficient (Wildman–Crippen LogP) is 7.78. The van der Waals surface area contributed by atoms with Crippen LogP contribution in [-0.4, -0.2) is 18.3 Å². The zero-order valence-corrected chi connectivity index (χ0v) is 21.0. The molecule has 0 spiro atoms. The molecule has 4 rings (SSSR count). The van der Waals surface area contributed by atoms with Crippen LogP contribution >= 0.6 is 46.1 Å². The minimum Gasteiger partial charge on any atom is -0.428 e. The van der Waals surface area contributed by atoms with Gasteiger partial charge in [-0.2, -0.15) is 13.2 Å². The van der Waals surface area contributed by atoms with Crippen molar-refractivity contribution in [1.82, 2.24) is 4.98 Å². The molecule has 16 heteroatoms. The molecule has 1 N–H and O–H groups in total. The fourth-order valence-electron chi connectivity index (χ4n) is 3.00. The maximum absolute atomic E-state index is 12.9. The standard InChI is InChI=1S/C20H9Cl3F3N3O5S2/c21-10-2-3-14-16(6-10)35-19(27-14)34-18-12(22)7-11(8-13(18)23)28-36(32,33)17-4-1-9(20(24,25)26)5-15(17)29(30)31/h1-8,28H. The van der Waals surface area contributed by atoms with E-state index in [-0.39, 0.29) is 32.7 Å². The third-order valence-electron chi connectivity index (χ3n) is 4.54. The summed E-state index contributed by atoms with van der Waals surface area (Å²) in [5.41, 5.74) is -2.25. The van der Waals surface area contributed by atoms with Crippen LogP contribution in [0.4, 0.5) is 24.5 Å². The van der Waals surface area contributed by atoms with Crippen molar-refractivity contribution in [3.05, 3.63) is 79.3 Å². The van der Waals surface area contributed by atoms with Gasteiger partial charge in [-0.05, 0) is 42.5 Å². The van der Waals surface area contributed by atoms with Crippen LogP contribution in [0.2, 0.25) is 15.1 Å². The molecule has 3 aromatic carbocycles. The van der Waals surface area contributed by atoms with E-state index in [0.717, 1.165) is 28.2 Å². The molecule has 0 aliphatic carbocycles. The molecule has 1 heterocycles. The number of nitro benzene ring substituents is 1. The summed E-state index contributed by atoms with van der Waals surface area (Å²) in [4.78, 5) is 13.3. The molecule has 0 radical (unpaired) electrons. The Morgan fingerprint density at radius 1 is 1.03 bits per heavy atom. The van der Waals surface area contributed by atoms with Gasteiger partial charge in [-0.1, -0.05) is 46.1 Å². The van der Waals surface area contributed by atoms with Crippen LogP contribution in [-0.2, 0) is 16.2 Å². The van der Waals surface area contributed by atoms with E-state index < -0.39 is 37.3 Å². The van der Waals surface area contributed by atoms with Crippen molar-refractivity contribution in [1.29, 1.82) is 0 Å². The Bertz CT molecular complexity index is 1610. The van der Waals surface area contributed by atoms with Crippen LogP contribution in [0.3, 0.4) is 0 Å². The highest BCUT2D eigenvalue weighted by molar-refractivity contribution is 7.92. The van der Waals surface area contributed by atoms with E-state index in [2.05, 4.69) is 4.98 Å². The van der Waals surface area contributed by atoms with Crippen molar-refractivity contribution < 1.29 is 31.2 Å². The van der Waals surface area contributed by atoms with E-state index in [1.807, 2.05) is 4.72 Å². The molecule has 0 unspecified atom stereocenters. The lowest BCUT2D eigenvalue weighted by atomic mass is 10.2. The molecule has 0 fully saturated rings. The Morgan fingerprint density at radius 2 is 1.69 bits per heavy atom. The zero-order valence-electron chi connectivity index (χ0n) is 17.1. The summed E-state index contributed by atoms with van der Waals surface area (Å²) in [5.74, 6) is -0.0491. The molecule has 0 bridgehead atoms. The van der Waals surface area contributed by atoms with Gasteiger partial charge in [-0.15, -0.1) is 0 Å². The second-order valence-electron chi connectivity index (χ2n) is 7.01. The fraction of sp³-hybridized carbons (Fsp3) is 0.0500. The molecule has 0 amide bonds. The number of ether oxygens (including phenoxy) is 1. The molecule has 0 saturated carbocycles. The van der Waals surface area contributed by atoms with Crippen LogP contribution < -0.4 is 9.46 Å². The van der Waals surface area contributed by atoms with E-state index in [1.165, 1.54) is 0 Å². The smallest absolute Gasteiger partial charge is 0.416 e. The van der Waals surface area contributed by atoms with Crippen molar-refractivity contribution in [2.75, 3.05) is 4.72 Å². The number of anilines is 1. The molecule has 8 nitrogen and oxygen atoms in total. The number of nitrogens with zero attached hydrogens (tertiary/aromatic N) is 2. The van der Waals surface area contributed by atoms with Gasteiger partial charge >= 0.3 is 6.18 Å². The number of thiazole rings is 1. The van der Waals surface area contributed by atoms with Crippen LogP contribution in [0.5, 0.6) is 10.9 Å². The quantitative estimate of drug-likeness (QED) is 0.179. The molecule has 0 atom stereocenters. The average molecular weight is 599 g/mol. The number of alkyl halides is 3. The first-order valence-corrected chi connectivity index (χ1v) is 12.8. The SMILES string of the molecule is O=[N+]([O-])c1cc(C(F)(F)F)ccc1S(=O)(=O)Nc1cc(Cl)c(Oc2nc3ccc(Cl)cc3s2)c(Cl)c1. The van der Waals surface area contributed by atoms with Gasteiger partial charge in [0.15, 0.2) is 10.6 Å². The summed E-state index contributed by atoms with van der Waals surface area (Å²) in [5, 5.41) is 11.7. The van der Waals surface area contributed by atoms with E-state index in [0.29, 0.717) is 22.7 Å². The van der Waals surface area contributed by atoms with Crippen LogP contribution in [0.1, 0.15) is 5.56 Å². The minimum absolute atomic E-state index is 0.0491. The topological polar surface area (TPSA) is 111 Å². The van der Waals surface area contributed by atoms with Gasteiger partial charge in [0.05, 0.1) is 36.4 Å². The Balaban J connectivity index is 1.64. The number of aromatic nitrogens is 1. The second-order valence-corrected chi connectivity index (χ2v) is 10.9. The average Bonchev–Trinajstić information content (AvgIpc) is 3.16. The van der Waals surface area contributed by atoms with Crippen molar-refractivity contribution in [3.63, 3.8) is 0 Å².